The first-order chi connectivity index (χ1) is 7.46. The van der Waals surface area contributed by atoms with Crippen LogP contribution < -0.4 is 22.9 Å². The van der Waals surface area contributed by atoms with Gasteiger partial charge in [0.05, 0.1) is 0 Å². The van der Waals surface area contributed by atoms with Crippen molar-refractivity contribution in [3.05, 3.63) is 0 Å². The summed E-state index contributed by atoms with van der Waals surface area (Å²) < 4.78 is 17.8. The first-order valence-electron chi connectivity index (χ1n) is 3.13. The minimum atomic E-state index is -4.64. The molecule has 0 unspecified atom stereocenters. The molecule has 0 bridgehead atoms. The third kappa shape index (κ3) is 1820. The van der Waals surface area contributed by atoms with Crippen LogP contribution >= 0.6 is 15.6 Å². The number of rotatable bonds is 0. The number of amides is 4. The molecular weight excluding hydrogens is 302 g/mol. The van der Waals surface area contributed by atoms with Gasteiger partial charge in [-0.15, -0.1) is 0 Å². The lowest BCUT2D eigenvalue weighted by Crippen LogP contribution is -2.18. The van der Waals surface area contributed by atoms with Crippen LogP contribution in [-0.4, -0.2) is 41.4 Å². The Morgan fingerprint density at radius 3 is 0.611 bits per heavy atom. The molecule has 0 aliphatic heterocycles. The van der Waals surface area contributed by atoms with Crippen LogP contribution in [-0.2, 0) is 9.13 Å². The predicted molar refractivity (Wildman–Crippen MR) is 56.1 cm³/mol. The smallest absolute Gasteiger partial charge is 0.352 e. The monoisotopic (exact) mass is 316 g/mol. The Bertz CT molecular complexity index is 261. The van der Waals surface area contributed by atoms with Gasteiger partial charge in [-0.25, -0.2) is 18.7 Å². The average molecular weight is 316 g/mol. The fourth-order valence-corrected chi connectivity index (χ4v) is 0. The van der Waals surface area contributed by atoms with Crippen molar-refractivity contribution in [3.8, 4) is 0 Å². The highest BCUT2D eigenvalue weighted by Gasteiger charge is 2.00. The summed E-state index contributed by atoms with van der Waals surface area (Å²) in [5.74, 6) is 0. The van der Waals surface area contributed by atoms with E-state index >= 15 is 0 Å². The highest BCUT2D eigenvalue weighted by Crippen LogP contribution is 2.26. The number of phosphoric acid groups is 2. The highest BCUT2D eigenvalue weighted by atomic mass is 31.2. The average Bonchev–Trinajstić information content (AvgIpc) is 1.70. The molecule has 0 aromatic heterocycles. The van der Waals surface area contributed by atoms with Crippen molar-refractivity contribution in [3.63, 3.8) is 0 Å². The van der Waals surface area contributed by atoms with Gasteiger partial charge in [0.25, 0.3) is 0 Å². The summed E-state index contributed by atoms with van der Waals surface area (Å²) in [5.41, 5.74) is 17.0. The van der Waals surface area contributed by atoms with Crippen molar-refractivity contribution in [1.82, 2.24) is 0 Å². The van der Waals surface area contributed by atoms with E-state index in [1.54, 1.807) is 0 Å². The van der Waals surface area contributed by atoms with Gasteiger partial charge in [-0.3, -0.25) is 0 Å². The second kappa shape index (κ2) is 12.2. The molecule has 0 fully saturated rings. The second-order valence-corrected chi connectivity index (χ2v) is 3.88. The molecule has 0 atom stereocenters. The van der Waals surface area contributed by atoms with Gasteiger partial charge in [0.1, 0.15) is 0 Å². The third-order valence-corrected chi connectivity index (χ3v) is 0. The van der Waals surface area contributed by atoms with Crippen LogP contribution in [0.25, 0.3) is 0 Å². The lowest BCUT2D eigenvalue weighted by molar-refractivity contribution is 0.255. The number of hydrogen-bond acceptors (Lipinski definition) is 4. The lowest BCUT2D eigenvalue weighted by Gasteiger charge is -1.82. The Hall–Kier alpha value is -1.24. The third-order valence-electron chi connectivity index (χ3n) is 0. The molecule has 14 N–H and O–H groups in total. The largest absolute Gasteiger partial charge is 0.466 e. The predicted octanol–water partition coefficient (Wildman–Crippen LogP) is -3.81. The van der Waals surface area contributed by atoms with Crippen molar-refractivity contribution in [2.45, 2.75) is 0 Å². The van der Waals surface area contributed by atoms with Gasteiger partial charge in [0.15, 0.2) is 0 Å². The van der Waals surface area contributed by atoms with E-state index in [9.17, 15) is 0 Å². The molecule has 4 amide bonds. The molecule has 0 aliphatic rings. The van der Waals surface area contributed by atoms with Gasteiger partial charge in [-0.1, -0.05) is 0 Å². The molecule has 0 spiro atoms. The molecule has 0 aromatic rings. The maximum absolute atomic E-state index is 9.00. The molecule has 0 heterocycles. The number of carbonyl (C=O) groups is 2. The van der Waals surface area contributed by atoms with E-state index in [-0.39, 0.29) is 0 Å². The summed E-state index contributed by atoms with van der Waals surface area (Å²) in [6, 6.07) is -1.67. The Labute approximate surface area is 99.7 Å². The van der Waals surface area contributed by atoms with E-state index < -0.39 is 27.7 Å². The zero-order valence-corrected chi connectivity index (χ0v) is 10.3. The number of nitrogens with two attached hydrogens (primary N) is 4. The fraction of sp³-hybridized carbons (Fsp3) is 0. The van der Waals surface area contributed by atoms with Gasteiger partial charge in [-0.2, -0.15) is 0 Å². The van der Waals surface area contributed by atoms with Crippen LogP contribution in [0, 0.1) is 0 Å². The maximum Gasteiger partial charge on any atom is 0.466 e. The van der Waals surface area contributed by atoms with E-state index in [1.165, 1.54) is 0 Å². The SMILES string of the molecule is NC(N)=O.NC(N)=O.O=P(O)(O)O.O=P(O)(O)O. The molecule has 0 radical (unpaired) electrons. The van der Waals surface area contributed by atoms with Crippen molar-refractivity contribution < 1.29 is 48.1 Å². The molecule has 0 aromatic carbocycles. The zero-order valence-electron chi connectivity index (χ0n) is 8.52. The zero-order chi connectivity index (χ0) is 16.2. The Morgan fingerprint density at radius 2 is 0.611 bits per heavy atom. The summed E-state index contributed by atoms with van der Waals surface area (Å²) in [4.78, 5) is 61.1. The van der Waals surface area contributed by atoms with E-state index in [0.29, 0.717) is 0 Å². The van der Waals surface area contributed by atoms with Crippen molar-refractivity contribution >= 4 is 27.7 Å². The molecule has 14 nitrogen and oxygen atoms in total. The van der Waals surface area contributed by atoms with Gasteiger partial charge in [0.2, 0.25) is 0 Å². The summed E-state index contributed by atoms with van der Waals surface area (Å²) in [7, 11) is -9.28. The normalized spacial score (nSPS) is 9.22. The first-order valence-corrected chi connectivity index (χ1v) is 6.26. The molecule has 16 heteroatoms. The van der Waals surface area contributed by atoms with E-state index in [4.69, 9.17) is 48.1 Å². The van der Waals surface area contributed by atoms with Crippen LogP contribution in [0.3, 0.4) is 0 Å². The van der Waals surface area contributed by atoms with E-state index in [1.807, 2.05) is 0 Å². The fourth-order valence-electron chi connectivity index (χ4n) is 0. The number of primary amides is 4. The van der Waals surface area contributed by atoms with Crippen LogP contribution in [0.15, 0.2) is 0 Å². The lowest BCUT2D eigenvalue weighted by atomic mass is 11.2. The molecule has 112 valence electrons. The quantitative estimate of drug-likeness (QED) is 0.194. The summed E-state index contributed by atoms with van der Waals surface area (Å²) in [6.45, 7) is 0. The van der Waals surface area contributed by atoms with Crippen LogP contribution in [0.1, 0.15) is 0 Å². The second-order valence-electron chi connectivity index (χ2n) is 1.83. The molecule has 0 rings (SSSR count). The van der Waals surface area contributed by atoms with Crippen LogP contribution in [0.4, 0.5) is 9.59 Å². The summed E-state index contributed by atoms with van der Waals surface area (Å²) in [6.07, 6.45) is 0. The van der Waals surface area contributed by atoms with Crippen molar-refractivity contribution in [2.75, 3.05) is 0 Å². The minimum absolute atomic E-state index is 0.833. The van der Waals surface area contributed by atoms with Gasteiger partial charge < -0.3 is 52.3 Å². The minimum Gasteiger partial charge on any atom is -0.352 e. The maximum atomic E-state index is 9.00. The molecule has 0 aliphatic carbocycles. The molecule has 0 saturated carbocycles. The Morgan fingerprint density at radius 1 is 0.611 bits per heavy atom. The first kappa shape index (κ1) is 25.6. The standard InChI is InChI=1S/2CH4N2O.2H3O4P/c2*2-1(3)4;2*1-5(2,3)4/h2*(H4,2,3,4);2*(H3,1,2,3,4). The topological polar surface area (TPSA) is 294 Å². The summed E-state index contributed by atoms with van der Waals surface area (Å²) in [5, 5.41) is 0. The Balaban J connectivity index is -0.0000000731. The Kier molecular flexibility index (Phi) is 17.4. The van der Waals surface area contributed by atoms with Crippen molar-refractivity contribution in [2.24, 2.45) is 22.9 Å². The van der Waals surface area contributed by atoms with Crippen molar-refractivity contribution in [1.29, 1.82) is 0 Å². The van der Waals surface area contributed by atoms with Crippen LogP contribution in [0.2, 0.25) is 0 Å². The molecule has 18 heavy (non-hydrogen) atoms. The highest BCUT2D eigenvalue weighted by molar-refractivity contribution is 7.45. The van der Waals surface area contributed by atoms with E-state index in [0.717, 1.165) is 0 Å². The van der Waals surface area contributed by atoms with Gasteiger partial charge in [-0.05, 0) is 0 Å². The summed E-state index contributed by atoms with van der Waals surface area (Å²) >= 11 is 0. The number of urea groups is 2. The molecule has 0 saturated heterocycles. The van der Waals surface area contributed by atoms with Gasteiger partial charge in [0, 0.05) is 0 Å². The van der Waals surface area contributed by atoms with Crippen LogP contribution in [0.5, 0.6) is 0 Å². The number of carbonyl (C=O) groups excluding carboxylic acids is 2. The van der Waals surface area contributed by atoms with Gasteiger partial charge >= 0.3 is 27.7 Å². The van der Waals surface area contributed by atoms with E-state index in [2.05, 4.69) is 22.9 Å². The molecular formula is C2H14N4O10P2. The number of hydrogen-bond donors (Lipinski definition) is 10.